The van der Waals surface area contributed by atoms with Crippen molar-refractivity contribution in [2.24, 2.45) is 0 Å². The van der Waals surface area contributed by atoms with Gasteiger partial charge >= 0.3 is 0 Å². The minimum Gasteiger partial charge on any atom is -0.378 e. The maximum Gasteiger partial charge on any atom is 0.240 e. The summed E-state index contributed by atoms with van der Waals surface area (Å²) >= 11 is 3.58. The molecule has 2 N–H and O–H groups in total. The Balaban J connectivity index is 1.41. The van der Waals surface area contributed by atoms with Gasteiger partial charge in [-0.3, -0.25) is 4.79 Å². The molecular weight excluding hydrogens is 567 g/mol. The summed E-state index contributed by atoms with van der Waals surface area (Å²) in [6.45, 7) is 5.56. The Bertz CT molecular complexity index is 1450. The normalized spacial score (nSPS) is 11.5. The van der Waals surface area contributed by atoms with Crippen molar-refractivity contribution in [1.29, 1.82) is 0 Å². The van der Waals surface area contributed by atoms with Gasteiger partial charge in [0.05, 0.1) is 4.75 Å². The van der Waals surface area contributed by atoms with E-state index in [1.807, 2.05) is 64.0 Å². The van der Waals surface area contributed by atoms with Crippen LogP contribution in [-0.2, 0) is 22.8 Å². The summed E-state index contributed by atoms with van der Waals surface area (Å²) in [5, 5.41) is 6.84. The molecule has 4 aromatic carbocycles. The Hall–Kier alpha value is -3.45. The molecule has 0 saturated carbocycles. The fourth-order valence-electron chi connectivity index (χ4n) is 4.37. The molecule has 0 aliphatic rings. The highest BCUT2D eigenvalue weighted by Gasteiger charge is 2.28. The van der Waals surface area contributed by atoms with E-state index in [0.717, 1.165) is 46.2 Å². The predicted molar refractivity (Wildman–Crippen MR) is 191 cm³/mol. The number of anilines is 2. The van der Waals surface area contributed by atoms with Crippen molar-refractivity contribution in [2.45, 2.75) is 36.6 Å². The zero-order valence-corrected chi connectivity index (χ0v) is 27.3. The summed E-state index contributed by atoms with van der Waals surface area (Å²) in [5.74, 6) is 2.82. The van der Waals surface area contributed by atoms with Crippen LogP contribution in [0.2, 0.25) is 0 Å². The number of carbonyl (C=O) groups excluding carboxylic acids is 1. The maximum atomic E-state index is 13.5. The van der Waals surface area contributed by atoms with Gasteiger partial charge in [-0.2, -0.15) is 11.8 Å². The lowest BCUT2D eigenvalue weighted by Gasteiger charge is -2.24. The molecule has 0 radical (unpaired) electrons. The van der Waals surface area contributed by atoms with E-state index in [1.54, 1.807) is 11.8 Å². The Morgan fingerprint density at radius 3 is 2.05 bits per heavy atom. The SMILES string of the molecule is CN(C)c1ccc(/C=C/c2ccc(NC(=O)C(C)(C)SCc3ccccc3)c(CNCCSCc3ccccc3)c2)cc1. The molecule has 0 aliphatic heterocycles. The van der Waals surface area contributed by atoms with Crippen molar-refractivity contribution >= 4 is 53.0 Å². The summed E-state index contributed by atoms with van der Waals surface area (Å²) < 4.78 is -0.577. The van der Waals surface area contributed by atoms with E-state index < -0.39 is 4.75 Å². The molecule has 224 valence electrons. The first kappa shape index (κ1) is 32.5. The van der Waals surface area contributed by atoms with Gasteiger partial charge in [0.2, 0.25) is 5.91 Å². The van der Waals surface area contributed by atoms with Crippen LogP contribution >= 0.6 is 23.5 Å². The lowest BCUT2D eigenvalue weighted by Crippen LogP contribution is -2.34. The van der Waals surface area contributed by atoms with Crippen LogP contribution in [0, 0.1) is 0 Å². The quantitative estimate of drug-likeness (QED) is 0.104. The molecule has 0 spiro atoms. The number of hydrogen-bond acceptors (Lipinski definition) is 5. The number of nitrogens with one attached hydrogen (secondary N) is 2. The molecule has 0 heterocycles. The summed E-state index contributed by atoms with van der Waals surface area (Å²) in [5.41, 5.74) is 7.93. The van der Waals surface area contributed by atoms with Crippen LogP contribution < -0.4 is 15.5 Å². The molecule has 4 aromatic rings. The van der Waals surface area contributed by atoms with E-state index in [4.69, 9.17) is 0 Å². The molecule has 4 rings (SSSR count). The van der Waals surface area contributed by atoms with Crippen molar-refractivity contribution in [3.05, 3.63) is 131 Å². The molecule has 0 atom stereocenters. The number of amides is 1. The van der Waals surface area contributed by atoms with E-state index in [2.05, 4.69) is 107 Å². The van der Waals surface area contributed by atoms with Crippen molar-refractivity contribution in [3.8, 4) is 0 Å². The monoisotopic (exact) mass is 609 g/mol. The number of carbonyl (C=O) groups is 1. The third-order valence-corrected chi connectivity index (χ3v) is 9.51. The van der Waals surface area contributed by atoms with Crippen molar-refractivity contribution in [1.82, 2.24) is 5.32 Å². The Morgan fingerprint density at radius 1 is 0.791 bits per heavy atom. The topological polar surface area (TPSA) is 44.4 Å². The summed E-state index contributed by atoms with van der Waals surface area (Å²) in [4.78, 5) is 15.6. The van der Waals surface area contributed by atoms with Crippen molar-refractivity contribution in [2.75, 3.05) is 36.6 Å². The second-order valence-electron chi connectivity index (χ2n) is 11.2. The third-order valence-electron chi connectivity index (χ3n) is 7.09. The van der Waals surface area contributed by atoms with Gasteiger partial charge in [0.15, 0.2) is 0 Å². The molecule has 6 heteroatoms. The lowest BCUT2D eigenvalue weighted by atomic mass is 10.1. The summed E-state index contributed by atoms with van der Waals surface area (Å²) in [6.07, 6.45) is 4.27. The number of thioether (sulfide) groups is 2. The fourth-order valence-corrected chi connectivity index (χ4v) is 6.13. The highest BCUT2D eigenvalue weighted by Crippen LogP contribution is 2.30. The molecule has 0 saturated heterocycles. The van der Waals surface area contributed by atoms with E-state index in [-0.39, 0.29) is 5.91 Å². The smallest absolute Gasteiger partial charge is 0.240 e. The number of benzene rings is 4. The molecular formula is C37H43N3OS2. The number of rotatable bonds is 15. The Kier molecular flexibility index (Phi) is 12.4. The highest BCUT2D eigenvalue weighted by atomic mass is 32.2. The summed E-state index contributed by atoms with van der Waals surface area (Å²) in [7, 11) is 4.09. The van der Waals surface area contributed by atoms with Gasteiger partial charge in [-0.1, -0.05) is 91.0 Å². The van der Waals surface area contributed by atoms with Crippen LogP contribution in [0.15, 0.2) is 103 Å². The fraction of sp³-hybridized carbons (Fsp3) is 0.270. The first-order valence-electron chi connectivity index (χ1n) is 14.7. The predicted octanol–water partition coefficient (Wildman–Crippen LogP) is 8.60. The Morgan fingerprint density at radius 2 is 1.40 bits per heavy atom. The van der Waals surface area contributed by atoms with Crippen LogP contribution in [0.3, 0.4) is 0 Å². The minimum atomic E-state index is -0.577. The molecule has 0 aliphatic carbocycles. The lowest BCUT2D eigenvalue weighted by molar-refractivity contribution is -0.117. The molecule has 43 heavy (non-hydrogen) atoms. The van der Waals surface area contributed by atoms with Crippen LogP contribution in [0.25, 0.3) is 12.2 Å². The molecule has 4 nitrogen and oxygen atoms in total. The van der Waals surface area contributed by atoms with Crippen LogP contribution in [0.5, 0.6) is 0 Å². The van der Waals surface area contributed by atoms with Gasteiger partial charge < -0.3 is 15.5 Å². The first-order valence-corrected chi connectivity index (χ1v) is 16.8. The summed E-state index contributed by atoms with van der Waals surface area (Å²) in [6, 6.07) is 35.7. The van der Waals surface area contributed by atoms with Gasteiger partial charge in [-0.15, -0.1) is 11.8 Å². The number of nitrogens with zero attached hydrogens (tertiary/aromatic N) is 1. The van der Waals surface area contributed by atoms with Crippen molar-refractivity contribution in [3.63, 3.8) is 0 Å². The average molecular weight is 610 g/mol. The Labute approximate surface area is 266 Å². The highest BCUT2D eigenvalue weighted by molar-refractivity contribution is 8.00. The van der Waals surface area contributed by atoms with E-state index in [9.17, 15) is 4.79 Å². The zero-order chi connectivity index (χ0) is 30.5. The van der Waals surface area contributed by atoms with E-state index in [0.29, 0.717) is 6.54 Å². The maximum absolute atomic E-state index is 13.5. The van der Waals surface area contributed by atoms with E-state index in [1.165, 1.54) is 16.8 Å². The molecule has 0 aromatic heterocycles. The van der Waals surface area contributed by atoms with Gasteiger partial charge in [0.25, 0.3) is 0 Å². The second kappa shape index (κ2) is 16.4. The van der Waals surface area contributed by atoms with Crippen molar-refractivity contribution < 1.29 is 4.79 Å². The molecule has 0 fully saturated rings. The second-order valence-corrected chi connectivity index (χ2v) is 13.9. The third kappa shape index (κ3) is 10.6. The first-order chi connectivity index (χ1) is 20.8. The van der Waals surface area contributed by atoms with Crippen LogP contribution in [-0.4, -0.2) is 37.0 Å². The van der Waals surface area contributed by atoms with Gasteiger partial charge in [-0.05, 0) is 65.9 Å². The van der Waals surface area contributed by atoms with Gasteiger partial charge in [-0.25, -0.2) is 0 Å². The molecule has 0 unspecified atom stereocenters. The molecule has 1 amide bonds. The minimum absolute atomic E-state index is 0.0115. The van der Waals surface area contributed by atoms with Gasteiger partial charge in [0.1, 0.15) is 0 Å². The largest absolute Gasteiger partial charge is 0.378 e. The van der Waals surface area contributed by atoms with Crippen LogP contribution in [0.1, 0.15) is 41.7 Å². The zero-order valence-electron chi connectivity index (χ0n) is 25.7. The molecule has 0 bridgehead atoms. The average Bonchev–Trinajstić information content (AvgIpc) is 3.02. The van der Waals surface area contributed by atoms with Gasteiger partial charge in [0, 0.05) is 55.8 Å². The van der Waals surface area contributed by atoms with Crippen LogP contribution in [0.4, 0.5) is 11.4 Å². The standard InChI is InChI=1S/C37H43N3OS2/c1-37(2,43-28-32-13-9-6-10-14-32)36(41)39-35-22-19-30(16-15-29-17-20-34(21-18-29)40(3)4)25-33(35)26-38-23-24-42-27-31-11-7-5-8-12-31/h5-22,25,38H,23-24,26-28H2,1-4H3,(H,39,41)/b16-15+. The number of hydrogen-bond donors (Lipinski definition) is 2. The van der Waals surface area contributed by atoms with E-state index >= 15 is 0 Å².